The molecule has 0 aromatic heterocycles. The van der Waals surface area contributed by atoms with E-state index < -0.39 is 121 Å². The Balaban J connectivity index is 2.35. The third kappa shape index (κ3) is 10.5. The van der Waals surface area contributed by atoms with E-state index in [1.54, 1.807) is 0 Å². The normalized spacial score (nSPS) is 16.2. The molecule has 0 saturated heterocycles. The van der Waals surface area contributed by atoms with Crippen molar-refractivity contribution >= 4 is 23.0 Å². The first-order valence-corrected chi connectivity index (χ1v) is 18.7. The van der Waals surface area contributed by atoms with E-state index in [0.29, 0.717) is 36.4 Å². The zero-order valence-corrected chi connectivity index (χ0v) is 32.2. The summed E-state index contributed by atoms with van der Waals surface area (Å²) in [6.07, 6.45) is -54.0. The van der Waals surface area contributed by atoms with Gasteiger partial charge in [0.05, 0.1) is 0 Å². The van der Waals surface area contributed by atoms with Gasteiger partial charge in [-0.15, -0.1) is 0 Å². The first-order valence-electron chi connectivity index (χ1n) is 16.6. The SMILES string of the molecule is FC(F)=C(F)OC(F)(C(F)(F)F)C(F)(F)OC(F)(F)C(F)(F)COP(OCC(F)(F)C(F)(F)OC(F)(F)C(F)(OC(F)=C(F)F)C(F)(F)F)(c1ccccc1)(c1ccccc1)c1ccccc1. The van der Waals surface area contributed by atoms with Gasteiger partial charge in [-0.3, -0.25) is 0 Å². The summed E-state index contributed by atoms with van der Waals surface area (Å²) in [5.41, 5.74) is 0. The molecule has 0 aliphatic heterocycles. The van der Waals surface area contributed by atoms with Crippen molar-refractivity contribution in [3.63, 3.8) is 0 Å². The van der Waals surface area contributed by atoms with Gasteiger partial charge < -0.3 is 0 Å². The van der Waals surface area contributed by atoms with E-state index in [9.17, 15) is 79.0 Å². The van der Waals surface area contributed by atoms with Crippen molar-refractivity contribution in [2.24, 2.45) is 0 Å². The van der Waals surface area contributed by atoms with Crippen LogP contribution in [0.5, 0.6) is 0 Å². The van der Waals surface area contributed by atoms with Crippen LogP contribution < -0.4 is 15.9 Å². The number of benzene rings is 3. The van der Waals surface area contributed by atoms with E-state index >= 15 is 35.1 Å². The van der Waals surface area contributed by atoms with E-state index in [1.807, 2.05) is 0 Å². The Morgan fingerprint density at radius 2 is 0.597 bits per heavy atom. The molecule has 0 heterocycles. The van der Waals surface area contributed by atoms with Gasteiger partial charge in [0.1, 0.15) is 0 Å². The van der Waals surface area contributed by atoms with E-state index in [-0.39, 0.29) is 0 Å². The molecule has 3 aromatic rings. The molecule has 0 N–H and O–H groups in total. The van der Waals surface area contributed by atoms with Crippen molar-refractivity contribution in [2.45, 2.75) is 60.3 Å². The summed E-state index contributed by atoms with van der Waals surface area (Å²) in [7, 11) is -7.17. The van der Waals surface area contributed by atoms with Crippen LogP contribution in [0.2, 0.25) is 0 Å². The number of hydrogen-bond acceptors (Lipinski definition) is 6. The van der Waals surface area contributed by atoms with E-state index in [1.165, 1.54) is 0 Å². The Morgan fingerprint density at radius 1 is 0.358 bits per heavy atom. The molecule has 0 amide bonds. The fourth-order valence-electron chi connectivity index (χ4n) is 5.10. The summed E-state index contributed by atoms with van der Waals surface area (Å²) in [6, 6.07) is 2.28. The average molecular weight is 1050 g/mol. The van der Waals surface area contributed by atoms with Crippen LogP contribution in [0.15, 0.2) is 115 Å². The molecule has 0 aliphatic rings. The monoisotopic (exact) mass is 1050 g/mol. The molecule has 2 atom stereocenters. The molecule has 0 saturated carbocycles. The van der Waals surface area contributed by atoms with Crippen LogP contribution in [0.3, 0.4) is 0 Å². The van der Waals surface area contributed by atoms with Gasteiger partial charge in [0.25, 0.3) is 0 Å². The number of rotatable bonds is 21. The molecule has 0 spiro atoms. The minimum atomic E-state index is -7.74. The minimum absolute atomic E-state index is 0.536. The summed E-state index contributed by atoms with van der Waals surface area (Å²) >= 11 is 0. The third-order valence-electron chi connectivity index (χ3n) is 8.26. The van der Waals surface area contributed by atoms with Crippen LogP contribution >= 0.6 is 7.06 Å². The number of halogens is 26. The van der Waals surface area contributed by atoms with Crippen LogP contribution in [-0.2, 0) is 28.0 Å². The van der Waals surface area contributed by atoms with Gasteiger partial charge in [-0.1, -0.05) is 0 Å². The van der Waals surface area contributed by atoms with Gasteiger partial charge in [-0.2, -0.15) is 0 Å². The second-order valence-electron chi connectivity index (χ2n) is 12.6. The molecule has 3 aromatic carbocycles. The van der Waals surface area contributed by atoms with Crippen molar-refractivity contribution in [1.82, 2.24) is 0 Å². The average Bonchev–Trinajstić information content (AvgIpc) is 3.20. The van der Waals surface area contributed by atoms with Crippen LogP contribution in [0.1, 0.15) is 0 Å². The molecule has 0 bridgehead atoms. The Kier molecular flexibility index (Phi) is 15.7. The van der Waals surface area contributed by atoms with Gasteiger partial charge in [0.15, 0.2) is 0 Å². The molecular weight excluding hydrogens is 1030 g/mol. The molecule has 0 aliphatic carbocycles. The van der Waals surface area contributed by atoms with Crippen LogP contribution in [0.25, 0.3) is 0 Å². The number of ether oxygens (including phenoxy) is 4. The molecule has 33 heteroatoms. The zero-order chi connectivity index (χ0) is 51.8. The molecular formula is C34H19F26O6P. The maximum absolute atomic E-state index is 15.6. The number of alkyl halides is 20. The third-order valence-corrected chi connectivity index (χ3v) is 13.2. The van der Waals surface area contributed by atoms with Crippen LogP contribution in [0, 0.1) is 0 Å². The molecule has 0 radical (unpaired) electrons. The molecule has 6 nitrogen and oxygen atoms in total. The van der Waals surface area contributed by atoms with Crippen molar-refractivity contribution in [3.8, 4) is 0 Å². The van der Waals surface area contributed by atoms with Gasteiger partial charge in [0.2, 0.25) is 0 Å². The Bertz CT molecular complexity index is 2020. The van der Waals surface area contributed by atoms with Gasteiger partial charge in [0, 0.05) is 0 Å². The fraction of sp³-hybridized carbons (Fsp3) is 0.353. The second-order valence-corrected chi connectivity index (χ2v) is 16.6. The standard InChI is InChI=1S/C34H19F26O6P/c35-21(36)23(39)63-27(45,29(47,48)49)33(57,58)65-31(53,54)25(41,42)16-61-67(18-10-4-1-5-11-18,19-12-6-2-7-13-19,20-14-8-3-9-15-20)62-17-26(43,44)32(55,56)66-34(59,60)28(46,30(50,51)52)64-24(40)22(37)38/h1-15H,16-17H2. The summed E-state index contributed by atoms with van der Waals surface area (Å²) in [5, 5.41) is -3.35. The molecule has 2 unspecified atom stereocenters. The Labute approximate surface area is 354 Å². The van der Waals surface area contributed by atoms with Crippen LogP contribution in [-0.4, -0.2) is 73.6 Å². The van der Waals surface area contributed by atoms with Crippen molar-refractivity contribution in [3.05, 3.63) is 115 Å². The fourth-order valence-corrected chi connectivity index (χ4v) is 9.92. The van der Waals surface area contributed by atoms with E-state index in [4.69, 9.17) is 9.05 Å². The number of hydrogen-bond donors (Lipinski definition) is 0. The second kappa shape index (κ2) is 18.6. The summed E-state index contributed by atoms with van der Waals surface area (Å²) in [5.74, 6) is -28.8. The zero-order valence-electron chi connectivity index (χ0n) is 31.3. The van der Waals surface area contributed by atoms with Gasteiger partial charge in [-0.25, -0.2) is 0 Å². The molecule has 0 fully saturated rings. The van der Waals surface area contributed by atoms with E-state index in [2.05, 4.69) is 18.9 Å². The Morgan fingerprint density at radius 3 is 0.806 bits per heavy atom. The quantitative estimate of drug-likeness (QED) is 0.0602. The first kappa shape index (κ1) is 56.5. The molecule has 67 heavy (non-hydrogen) atoms. The summed E-state index contributed by atoms with van der Waals surface area (Å²) < 4.78 is 385. The van der Waals surface area contributed by atoms with Crippen LogP contribution in [0.4, 0.5) is 114 Å². The topological polar surface area (TPSA) is 55.4 Å². The van der Waals surface area contributed by atoms with Gasteiger partial charge in [-0.05, 0) is 0 Å². The summed E-state index contributed by atoms with van der Waals surface area (Å²) in [6.45, 7) is -7.08. The summed E-state index contributed by atoms with van der Waals surface area (Å²) in [4.78, 5) is 0. The maximum atomic E-state index is 15.6. The van der Waals surface area contributed by atoms with Crippen molar-refractivity contribution in [2.75, 3.05) is 13.2 Å². The first-order chi connectivity index (χ1) is 30.1. The molecule has 378 valence electrons. The Hall–Kier alpha value is -4.81. The van der Waals surface area contributed by atoms with Crippen molar-refractivity contribution < 1.29 is 142 Å². The van der Waals surface area contributed by atoms with E-state index in [0.717, 1.165) is 54.6 Å². The van der Waals surface area contributed by atoms with Gasteiger partial charge >= 0.3 is 354 Å². The van der Waals surface area contributed by atoms with Crippen molar-refractivity contribution in [1.29, 1.82) is 0 Å². The molecule has 3 rings (SSSR count). The predicted molar refractivity (Wildman–Crippen MR) is 172 cm³/mol. The predicted octanol–water partition coefficient (Wildman–Crippen LogP) is 12.6.